The highest BCUT2D eigenvalue weighted by molar-refractivity contribution is 8.18. The van der Waals surface area contributed by atoms with Gasteiger partial charge in [-0.1, -0.05) is 54.6 Å². The Morgan fingerprint density at radius 2 is 1.77 bits per heavy atom. The largest absolute Gasteiger partial charge is 0.494 e. The van der Waals surface area contributed by atoms with Crippen LogP contribution in [0, 0.1) is 0 Å². The normalized spacial score (nSPS) is 17.0. The van der Waals surface area contributed by atoms with Gasteiger partial charge in [0.2, 0.25) is 0 Å². The van der Waals surface area contributed by atoms with Crippen molar-refractivity contribution in [2.45, 2.75) is 0 Å². The van der Waals surface area contributed by atoms with Crippen LogP contribution in [0.25, 0.3) is 16.8 Å². The Balaban J connectivity index is 1.68. The Hall–Kier alpha value is -3.05. The Morgan fingerprint density at radius 3 is 2.65 bits per heavy atom. The van der Waals surface area contributed by atoms with E-state index in [-0.39, 0.29) is 5.91 Å². The molecule has 1 amide bonds. The molecule has 0 spiro atoms. The lowest BCUT2D eigenvalue weighted by atomic mass is 10.0. The number of ether oxygens (including phenoxy) is 1. The second-order valence-corrected chi connectivity index (χ2v) is 6.75. The molecule has 0 unspecified atom stereocenters. The molecule has 4 rings (SSSR count). The summed E-state index contributed by atoms with van der Waals surface area (Å²) in [7, 11) is 1.60. The number of aliphatic imine (C=N–C) groups is 1. The summed E-state index contributed by atoms with van der Waals surface area (Å²) in [6.45, 7) is 0. The molecule has 0 saturated carbocycles. The van der Waals surface area contributed by atoms with Crippen molar-refractivity contribution in [2.75, 3.05) is 7.11 Å². The third kappa shape index (κ3) is 3.21. The van der Waals surface area contributed by atoms with Crippen molar-refractivity contribution in [2.24, 2.45) is 4.99 Å². The number of rotatable bonds is 3. The number of methoxy groups -OCH3 is 1. The fourth-order valence-corrected chi connectivity index (χ4v) is 3.66. The molecule has 0 bridgehead atoms. The zero-order valence-electron chi connectivity index (χ0n) is 14.1. The van der Waals surface area contributed by atoms with E-state index in [4.69, 9.17) is 4.74 Å². The topological polar surface area (TPSA) is 50.7 Å². The van der Waals surface area contributed by atoms with Gasteiger partial charge >= 0.3 is 0 Å². The summed E-state index contributed by atoms with van der Waals surface area (Å²) in [5.74, 6) is 0.526. The molecule has 1 saturated heterocycles. The third-order valence-corrected chi connectivity index (χ3v) is 4.98. The van der Waals surface area contributed by atoms with Gasteiger partial charge < -0.3 is 10.1 Å². The van der Waals surface area contributed by atoms with Crippen molar-refractivity contribution in [3.8, 4) is 5.75 Å². The molecule has 1 aliphatic heterocycles. The number of hydrogen-bond donors (Lipinski definition) is 1. The van der Waals surface area contributed by atoms with Crippen LogP contribution < -0.4 is 10.1 Å². The van der Waals surface area contributed by atoms with E-state index in [9.17, 15) is 4.79 Å². The average Bonchev–Trinajstić information content (AvgIpc) is 3.01. The molecule has 0 aliphatic carbocycles. The first kappa shape index (κ1) is 16.4. The van der Waals surface area contributed by atoms with E-state index in [1.807, 2.05) is 54.6 Å². The number of benzene rings is 3. The number of amides is 1. The molecule has 0 atom stereocenters. The number of thioether (sulfide) groups is 1. The Labute approximate surface area is 155 Å². The fraction of sp³-hybridized carbons (Fsp3) is 0.0476. The molecular formula is C21H16N2O2S. The van der Waals surface area contributed by atoms with Crippen LogP contribution in [0.2, 0.25) is 0 Å². The molecule has 26 heavy (non-hydrogen) atoms. The van der Waals surface area contributed by atoms with Gasteiger partial charge in [0.05, 0.1) is 12.0 Å². The molecule has 1 fully saturated rings. The van der Waals surface area contributed by atoms with E-state index in [0.717, 1.165) is 16.3 Å². The smallest absolute Gasteiger partial charge is 0.264 e. The second-order valence-electron chi connectivity index (χ2n) is 5.72. The van der Waals surface area contributed by atoms with Crippen LogP contribution in [0.1, 0.15) is 5.56 Å². The summed E-state index contributed by atoms with van der Waals surface area (Å²) in [4.78, 5) is 17.5. The maximum Gasteiger partial charge on any atom is 0.264 e. The maximum absolute atomic E-state index is 12.4. The lowest BCUT2D eigenvalue weighted by Crippen LogP contribution is -2.19. The van der Waals surface area contributed by atoms with E-state index >= 15 is 0 Å². The van der Waals surface area contributed by atoms with Gasteiger partial charge in [-0.2, -0.15) is 0 Å². The predicted molar refractivity (Wildman–Crippen MR) is 108 cm³/mol. The molecule has 1 N–H and O–H groups in total. The van der Waals surface area contributed by atoms with Crippen LogP contribution in [0.3, 0.4) is 0 Å². The number of fused-ring (bicyclic) bond motifs is 1. The third-order valence-electron chi connectivity index (χ3n) is 4.07. The summed E-state index contributed by atoms with van der Waals surface area (Å²) in [5.41, 5.74) is 1.70. The summed E-state index contributed by atoms with van der Waals surface area (Å²) in [6, 6.07) is 21.7. The van der Waals surface area contributed by atoms with Gasteiger partial charge in [0.1, 0.15) is 11.4 Å². The number of amidine groups is 1. The molecular weight excluding hydrogens is 344 g/mol. The first-order valence-electron chi connectivity index (χ1n) is 8.15. The van der Waals surface area contributed by atoms with Crippen LogP contribution >= 0.6 is 11.8 Å². The summed E-state index contributed by atoms with van der Waals surface area (Å²) in [5, 5.41) is 5.63. The van der Waals surface area contributed by atoms with Gasteiger partial charge in [-0.05, 0) is 46.3 Å². The molecule has 3 aromatic carbocycles. The van der Waals surface area contributed by atoms with Gasteiger partial charge in [0, 0.05) is 0 Å². The SMILES string of the molecule is COc1ccccc1N=C1NC(=O)/C(=C\c2cccc3ccccc23)S1. The number of nitrogens with one attached hydrogen (secondary N) is 1. The van der Waals surface area contributed by atoms with Crippen molar-refractivity contribution in [3.05, 3.63) is 77.2 Å². The Bertz CT molecular complexity index is 1050. The minimum absolute atomic E-state index is 0.142. The predicted octanol–water partition coefficient (Wildman–Crippen LogP) is 4.74. The number of para-hydroxylation sites is 2. The van der Waals surface area contributed by atoms with Crippen LogP contribution in [-0.2, 0) is 4.79 Å². The number of carbonyl (C=O) groups excluding carboxylic acids is 1. The Kier molecular flexibility index (Phi) is 4.46. The van der Waals surface area contributed by atoms with Crippen LogP contribution in [0.15, 0.2) is 76.6 Å². The van der Waals surface area contributed by atoms with Crippen LogP contribution in [0.5, 0.6) is 5.75 Å². The molecule has 1 aliphatic rings. The number of carbonyl (C=O) groups is 1. The van der Waals surface area contributed by atoms with Crippen molar-refractivity contribution in [3.63, 3.8) is 0 Å². The maximum atomic E-state index is 12.4. The molecule has 4 nitrogen and oxygen atoms in total. The Morgan fingerprint density at radius 1 is 1.00 bits per heavy atom. The first-order valence-corrected chi connectivity index (χ1v) is 8.96. The number of nitrogens with zero attached hydrogens (tertiary/aromatic N) is 1. The fourth-order valence-electron chi connectivity index (χ4n) is 2.83. The average molecular weight is 360 g/mol. The van der Waals surface area contributed by atoms with Gasteiger partial charge in [-0.3, -0.25) is 4.79 Å². The summed E-state index contributed by atoms with van der Waals surface area (Å²) >= 11 is 1.33. The minimum Gasteiger partial charge on any atom is -0.494 e. The minimum atomic E-state index is -0.142. The highest BCUT2D eigenvalue weighted by Crippen LogP contribution is 2.32. The zero-order chi connectivity index (χ0) is 17.9. The van der Waals surface area contributed by atoms with E-state index in [1.54, 1.807) is 7.11 Å². The van der Waals surface area contributed by atoms with E-state index < -0.39 is 0 Å². The standard InChI is InChI=1S/C21H16N2O2S/c1-25-18-12-5-4-11-17(18)22-21-23-20(24)19(26-21)13-15-9-6-8-14-7-2-3-10-16(14)15/h2-13H,1H3,(H,22,23,24)/b19-13+. The van der Waals surface area contributed by atoms with Crippen molar-refractivity contribution in [1.82, 2.24) is 5.32 Å². The highest BCUT2D eigenvalue weighted by atomic mass is 32.2. The van der Waals surface area contributed by atoms with Crippen LogP contribution in [0.4, 0.5) is 5.69 Å². The van der Waals surface area contributed by atoms with Gasteiger partial charge in [-0.25, -0.2) is 4.99 Å². The van der Waals surface area contributed by atoms with Crippen molar-refractivity contribution in [1.29, 1.82) is 0 Å². The molecule has 128 valence electrons. The van der Waals surface area contributed by atoms with Gasteiger partial charge in [-0.15, -0.1) is 0 Å². The zero-order valence-corrected chi connectivity index (χ0v) is 14.9. The molecule has 0 radical (unpaired) electrons. The second kappa shape index (κ2) is 7.06. The van der Waals surface area contributed by atoms with Crippen molar-refractivity contribution < 1.29 is 9.53 Å². The van der Waals surface area contributed by atoms with E-state index in [1.165, 1.54) is 11.8 Å². The van der Waals surface area contributed by atoms with E-state index in [2.05, 4.69) is 28.5 Å². The molecule has 3 aromatic rings. The summed E-state index contributed by atoms with van der Waals surface area (Å²) in [6.07, 6.45) is 1.91. The van der Waals surface area contributed by atoms with Crippen LogP contribution in [-0.4, -0.2) is 18.2 Å². The lowest BCUT2D eigenvalue weighted by molar-refractivity contribution is -0.115. The highest BCUT2D eigenvalue weighted by Gasteiger charge is 2.24. The molecule has 1 heterocycles. The molecule has 0 aromatic heterocycles. The first-order chi connectivity index (χ1) is 12.7. The van der Waals surface area contributed by atoms with Crippen molar-refractivity contribution >= 4 is 45.4 Å². The lowest BCUT2D eigenvalue weighted by Gasteiger charge is -2.03. The summed E-state index contributed by atoms with van der Waals surface area (Å²) < 4.78 is 5.31. The quantitative estimate of drug-likeness (QED) is 0.687. The number of hydrogen-bond acceptors (Lipinski definition) is 4. The monoisotopic (exact) mass is 360 g/mol. The van der Waals surface area contributed by atoms with Gasteiger partial charge in [0.15, 0.2) is 5.17 Å². The van der Waals surface area contributed by atoms with Gasteiger partial charge in [0.25, 0.3) is 5.91 Å². The van der Waals surface area contributed by atoms with E-state index in [0.29, 0.717) is 21.5 Å². The molecule has 5 heteroatoms.